The molecule has 1 unspecified atom stereocenters. The molecule has 1 aromatic rings. The summed E-state index contributed by atoms with van der Waals surface area (Å²) in [5.41, 5.74) is 0. The summed E-state index contributed by atoms with van der Waals surface area (Å²) in [6.45, 7) is 6.38. The van der Waals surface area contributed by atoms with E-state index in [4.69, 9.17) is 11.6 Å². The van der Waals surface area contributed by atoms with E-state index < -0.39 is 0 Å². The maximum Gasteiger partial charge on any atom is 0.138 e. The second-order valence-corrected chi connectivity index (χ2v) is 4.16. The van der Waals surface area contributed by atoms with Crippen molar-refractivity contribution in [3.8, 4) is 0 Å². The van der Waals surface area contributed by atoms with Gasteiger partial charge in [-0.05, 0) is 19.8 Å². The maximum absolute atomic E-state index is 5.86. The second kappa shape index (κ2) is 5.35. The molecule has 0 bridgehead atoms. The number of hydrogen-bond acceptors (Lipinski definition) is 2. The minimum absolute atomic E-state index is 0.375. The van der Waals surface area contributed by atoms with Crippen LogP contribution in [0, 0.1) is 5.92 Å². The molecular formula is C10H18ClN3. The standard InChI is InChI=1S/C10H18ClN3/c1-4-9(6-11)5-10-12-7-13-14(10)8(2)3/h7-9H,4-6H2,1-3H3. The highest BCUT2D eigenvalue weighted by molar-refractivity contribution is 6.18. The highest BCUT2D eigenvalue weighted by Gasteiger charge is 2.12. The van der Waals surface area contributed by atoms with E-state index >= 15 is 0 Å². The summed E-state index contributed by atoms with van der Waals surface area (Å²) in [5.74, 6) is 2.26. The Kier molecular flexibility index (Phi) is 4.39. The van der Waals surface area contributed by atoms with Gasteiger partial charge in [-0.3, -0.25) is 0 Å². The summed E-state index contributed by atoms with van der Waals surface area (Å²) in [7, 11) is 0. The quantitative estimate of drug-likeness (QED) is 0.708. The van der Waals surface area contributed by atoms with Gasteiger partial charge >= 0.3 is 0 Å². The van der Waals surface area contributed by atoms with Crippen LogP contribution in [0.4, 0.5) is 0 Å². The fourth-order valence-corrected chi connectivity index (χ4v) is 1.75. The molecular weight excluding hydrogens is 198 g/mol. The van der Waals surface area contributed by atoms with Crippen LogP contribution in [0.3, 0.4) is 0 Å². The van der Waals surface area contributed by atoms with E-state index in [1.165, 1.54) is 0 Å². The normalized spacial score (nSPS) is 13.5. The van der Waals surface area contributed by atoms with Crippen molar-refractivity contribution in [2.24, 2.45) is 5.92 Å². The van der Waals surface area contributed by atoms with Gasteiger partial charge in [0.15, 0.2) is 0 Å². The molecule has 3 nitrogen and oxygen atoms in total. The van der Waals surface area contributed by atoms with Crippen LogP contribution >= 0.6 is 11.6 Å². The zero-order valence-electron chi connectivity index (χ0n) is 9.07. The molecule has 1 heterocycles. The minimum Gasteiger partial charge on any atom is -0.248 e. The number of rotatable bonds is 5. The molecule has 0 radical (unpaired) electrons. The van der Waals surface area contributed by atoms with Crippen LogP contribution in [-0.4, -0.2) is 20.6 Å². The molecule has 0 aliphatic heterocycles. The highest BCUT2D eigenvalue weighted by Crippen LogP contribution is 2.14. The van der Waals surface area contributed by atoms with E-state index in [9.17, 15) is 0 Å². The van der Waals surface area contributed by atoms with Gasteiger partial charge in [-0.1, -0.05) is 13.3 Å². The van der Waals surface area contributed by atoms with Crippen molar-refractivity contribution in [1.29, 1.82) is 0 Å². The summed E-state index contributed by atoms with van der Waals surface area (Å²) >= 11 is 5.86. The summed E-state index contributed by atoms with van der Waals surface area (Å²) in [5, 5.41) is 4.20. The number of alkyl halides is 1. The Hall–Kier alpha value is -0.570. The van der Waals surface area contributed by atoms with E-state index in [2.05, 4.69) is 30.9 Å². The van der Waals surface area contributed by atoms with Gasteiger partial charge in [-0.2, -0.15) is 5.10 Å². The molecule has 1 atom stereocenters. The maximum atomic E-state index is 5.86. The topological polar surface area (TPSA) is 30.7 Å². The minimum atomic E-state index is 0.375. The third kappa shape index (κ3) is 2.71. The van der Waals surface area contributed by atoms with Gasteiger partial charge in [-0.15, -0.1) is 11.6 Å². The van der Waals surface area contributed by atoms with Crippen LogP contribution in [0.15, 0.2) is 6.33 Å². The average Bonchev–Trinajstić information content (AvgIpc) is 2.62. The van der Waals surface area contributed by atoms with Crippen LogP contribution in [-0.2, 0) is 6.42 Å². The predicted molar refractivity (Wildman–Crippen MR) is 58.6 cm³/mol. The van der Waals surface area contributed by atoms with E-state index in [-0.39, 0.29) is 0 Å². The first-order chi connectivity index (χ1) is 6.69. The fourth-order valence-electron chi connectivity index (χ4n) is 1.42. The average molecular weight is 216 g/mol. The molecule has 0 amide bonds. The van der Waals surface area contributed by atoms with Crippen molar-refractivity contribution in [2.45, 2.75) is 39.7 Å². The number of halogens is 1. The molecule has 1 rings (SSSR count). The number of nitrogens with zero attached hydrogens (tertiary/aromatic N) is 3. The van der Waals surface area contributed by atoms with Crippen molar-refractivity contribution in [2.75, 3.05) is 5.88 Å². The zero-order valence-corrected chi connectivity index (χ0v) is 9.83. The lowest BCUT2D eigenvalue weighted by Gasteiger charge is -2.13. The van der Waals surface area contributed by atoms with Crippen molar-refractivity contribution in [3.63, 3.8) is 0 Å². The zero-order chi connectivity index (χ0) is 10.6. The lowest BCUT2D eigenvalue weighted by atomic mass is 10.0. The first-order valence-corrected chi connectivity index (χ1v) is 5.66. The van der Waals surface area contributed by atoms with Gasteiger partial charge in [0, 0.05) is 18.3 Å². The lowest BCUT2D eigenvalue weighted by molar-refractivity contribution is 0.467. The largest absolute Gasteiger partial charge is 0.248 e. The molecule has 4 heteroatoms. The summed E-state index contributed by atoms with van der Waals surface area (Å²) in [4.78, 5) is 4.27. The Balaban J connectivity index is 2.70. The summed E-state index contributed by atoms with van der Waals surface area (Å²) in [6.07, 6.45) is 3.64. The van der Waals surface area contributed by atoms with Gasteiger partial charge in [0.25, 0.3) is 0 Å². The Morgan fingerprint density at radius 1 is 1.50 bits per heavy atom. The molecule has 0 aromatic carbocycles. The fraction of sp³-hybridized carbons (Fsp3) is 0.800. The van der Waals surface area contributed by atoms with Crippen molar-refractivity contribution < 1.29 is 0 Å². The third-order valence-electron chi connectivity index (χ3n) is 2.40. The molecule has 0 aliphatic rings. The molecule has 0 N–H and O–H groups in total. The summed E-state index contributed by atoms with van der Waals surface area (Å²) < 4.78 is 1.97. The van der Waals surface area contributed by atoms with Crippen molar-refractivity contribution in [1.82, 2.24) is 14.8 Å². The van der Waals surface area contributed by atoms with Gasteiger partial charge in [-0.25, -0.2) is 9.67 Å². The van der Waals surface area contributed by atoms with Crippen LogP contribution in [0.5, 0.6) is 0 Å². The van der Waals surface area contributed by atoms with Gasteiger partial charge in [0.05, 0.1) is 0 Å². The van der Waals surface area contributed by atoms with Crippen LogP contribution in [0.25, 0.3) is 0 Å². The molecule has 0 aliphatic carbocycles. The van der Waals surface area contributed by atoms with Gasteiger partial charge in [0.2, 0.25) is 0 Å². The van der Waals surface area contributed by atoms with Gasteiger partial charge < -0.3 is 0 Å². The smallest absolute Gasteiger partial charge is 0.138 e. The first kappa shape index (κ1) is 11.5. The molecule has 0 saturated carbocycles. The lowest BCUT2D eigenvalue weighted by Crippen LogP contribution is -2.13. The Morgan fingerprint density at radius 2 is 2.21 bits per heavy atom. The van der Waals surface area contributed by atoms with Crippen molar-refractivity contribution in [3.05, 3.63) is 12.2 Å². The third-order valence-corrected chi connectivity index (χ3v) is 2.84. The van der Waals surface area contributed by atoms with Crippen LogP contribution in [0.1, 0.15) is 39.1 Å². The molecule has 0 saturated heterocycles. The Morgan fingerprint density at radius 3 is 2.71 bits per heavy atom. The number of hydrogen-bond donors (Lipinski definition) is 0. The van der Waals surface area contributed by atoms with E-state index in [0.29, 0.717) is 17.8 Å². The molecule has 0 fully saturated rings. The first-order valence-electron chi connectivity index (χ1n) is 5.13. The molecule has 0 spiro atoms. The van der Waals surface area contributed by atoms with E-state index in [1.54, 1.807) is 6.33 Å². The predicted octanol–water partition coefficient (Wildman–Crippen LogP) is 2.67. The van der Waals surface area contributed by atoms with Crippen molar-refractivity contribution >= 4 is 11.6 Å². The Bertz CT molecular complexity index is 266. The van der Waals surface area contributed by atoms with Gasteiger partial charge in [0.1, 0.15) is 12.2 Å². The van der Waals surface area contributed by atoms with E-state index in [1.807, 2.05) is 4.68 Å². The molecule has 1 aromatic heterocycles. The molecule has 14 heavy (non-hydrogen) atoms. The molecule has 80 valence electrons. The second-order valence-electron chi connectivity index (χ2n) is 3.85. The SMILES string of the molecule is CCC(CCl)Cc1ncnn1C(C)C. The van der Waals surface area contributed by atoms with Crippen LogP contribution < -0.4 is 0 Å². The Labute approximate surface area is 90.5 Å². The number of aromatic nitrogens is 3. The van der Waals surface area contributed by atoms with Crippen LogP contribution in [0.2, 0.25) is 0 Å². The van der Waals surface area contributed by atoms with E-state index in [0.717, 1.165) is 18.7 Å². The summed E-state index contributed by atoms with van der Waals surface area (Å²) in [6, 6.07) is 0.375. The highest BCUT2D eigenvalue weighted by atomic mass is 35.5. The monoisotopic (exact) mass is 215 g/mol.